The SMILES string of the molecule is CNC(=O)CCNC(=O)c1c(N)n[nH]c1C. The largest absolute Gasteiger partial charge is 0.382 e. The number of H-pyrrole nitrogens is 1. The van der Waals surface area contributed by atoms with Crippen molar-refractivity contribution >= 4 is 17.6 Å². The molecule has 0 radical (unpaired) electrons. The Labute approximate surface area is 92.8 Å². The zero-order valence-electron chi connectivity index (χ0n) is 9.26. The number of hydrogen-bond acceptors (Lipinski definition) is 4. The summed E-state index contributed by atoms with van der Waals surface area (Å²) >= 11 is 0. The third-order valence-corrected chi connectivity index (χ3v) is 2.12. The number of nitrogens with two attached hydrogens (primary N) is 1. The number of carbonyl (C=O) groups excluding carboxylic acids is 2. The predicted octanol–water partition coefficient (Wildman–Crippen LogP) is -0.834. The van der Waals surface area contributed by atoms with Gasteiger partial charge in [-0.3, -0.25) is 14.7 Å². The van der Waals surface area contributed by atoms with E-state index in [2.05, 4.69) is 20.8 Å². The van der Waals surface area contributed by atoms with Gasteiger partial charge in [0.05, 0.1) is 0 Å². The predicted molar refractivity (Wildman–Crippen MR) is 58.8 cm³/mol. The first-order valence-electron chi connectivity index (χ1n) is 4.85. The Bertz CT molecular complexity index is 379. The van der Waals surface area contributed by atoms with Gasteiger partial charge in [0.15, 0.2) is 5.82 Å². The third kappa shape index (κ3) is 2.72. The molecule has 0 fully saturated rings. The average molecular weight is 225 g/mol. The van der Waals surface area contributed by atoms with Crippen LogP contribution >= 0.6 is 0 Å². The molecule has 1 aromatic rings. The van der Waals surface area contributed by atoms with E-state index >= 15 is 0 Å². The van der Waals surface area contributed by atoms with Gasteiger partial charge in [-0.15, -0.1) is 0 Å². The number of carbonyl (C=O) groups is 2. The second-order valence-electron chi connectivity index (χ2n) is 3.29. The molecule has 0 aromatic carbocycles. The number of nitrogens with zero attached hydrogens (tertiary/aromatic N) is 1. The number of aromatic amines is 1. The quantitative estimate of drug-likeness (QED) is 0.535. The van der Waals surface area contributed by atoms with E-state index in [4.69, 9.17) is 5.73 Å². The Balaban J connectivity index is 2.50. The van der Waals surface area contributed by atoms with Crippen LogP contribution in [0.4, 0.5) is 5.82 Å². The first kappa shape index (κ1) is 12.0. The number of anilines is 1. The van der Waals surface area contributed by atoms with E-state index in [1.54, 1.807) is 14.0 Å². The molecule has 0 saturated carbocycles. The van der Waals surface area contributed by atoms with Gasteiger partial charge in [-0.2, -0.15) is 5.10 Å². The zero-order valence-corrected chi connectivity index (χ0v) is 9.26. The second kappa shape index (κ2) is 5.15. The fourth-order valence-corrected chi connectivity index (χ4v) is 1.24. The summed E-state index contributed by atoms with van der Waals surface area (Å²) in [6.07, 6.45) is 0.235. The average Bonchev–Trinajstić information content (AvgIpc) is 2.58. The highest BCUT2D eigenvalue weighted by Crippen LogP contribution is 2.11. The molecular formula is C9H15N5O2. The molecule has 7 heteroatoms. The van der Waals surface area contributed by atoms with Crippen molar-refractivity contribution in [3.8, 4) is 0 Å². The fraction of sp³-hybridized carbons (Fsp3) is 0.444. The molecule has 0 bridgehead atoms. The smallest absolute Gasteiger partial charge is 0.256 e. The fourth-order valence-electron chi connectivity index (χ4n) is 1.24. The van der Waals surface area contributed by atoms with E-state index < -0.39 is 0 Å². The molecule has 2 amide bonds. The molecular weight excluding hydrogens is 210 g/mol. The van der Waals surface area contributed by atoms with E-state index in [-0.39, 0.29) is 30.6 Å². The number of nitrogens with one attached hydrogen (secondary N) is 3. The van der Waals surface area contributed by atoms with Crippen molar-refractivity contribution in [2.24, 2.45) is 0 Å². The van der Waals surface area contributed by atoms with Crippen LogP contribution in [0, 0.1) is 6.92 Å². The molecule has 16 heavy (non-hydrogen) atoms. The van der Waals surface area contributed by atoms with Crippen LogP contribution in [0.1, 0.15) is 22.5 Å². The van der Waals surface area contributed by atoms with Crippen molar-refractivity contribution in [2.45, 2.75) is 13.3 Å². The lowest BCUT2D eigenvalue weighted by atomic mass is 10.2. The van der Waals surface area contributed by atoms with E-state index in [9.17, 15) is 9.59 Å². The molecule has 0 aliphatic rings. The van der Waals surface area contributed by atoms with Crippen molar-refractivity contribution in [1.82, 2.24) is 20.8 Å². The molecule has 88 valence electrons. The van der Waals surface area contributed by atoms with Crippen LogP contribution in [0.5, 0.6) is 0 Å². The number of aryl methyl sites for hydroxylation is 1. The van der Waals surface area contributed by atoms with Crippen LogP contribution < -0.4 is 16.4 Å². The number of aromatic nitrogens is 2. The van der Waals surface area contributed by atoms with Crippen LogP contribution in [0.25, 0.3) is 0 Å². The van der Waals surface area contributed by atoms with Gasteiger partial charge in [0, 0.05) is 25.7 Å². The van der Waals surface area contributed by atoms with Gasteiger partial charge in [0.25, 0.3) is 5.91 Å². The van der Waals surface area contributed by atoms with E-state index in [0.29, 0.717) is 11.3 Å². The monoisotopic (exact) mass is 225 g/mol. The van der Waals surface area contributed by atoms with Gasteiger partial charge in [0.1, 0.15) is 5.56 Å². The summed E-state index contributed by atoms with van der Waals surface area (Å²) in [6, 6.07) is 0. The van der Waals surface area contributed by atoms with E-state index in [1.165, 1.54) is 0 Å². The molecule has 0 saturated heterocycles. The summed E-state index contributed by atoms with van der Waals surface area (Å²) in [6.45, 7) is 1.97. The van der Waals surface area contributed by atoms with Gasteiger partial charge in [0.2, 0.25) is 5.91 Å². The molecule has 0 aliphatic carbocycles. The highest BCUT2D eigenvalue weighted by Gasteiger charge is 2.15. The minimum Gasteiger partial charge on any atom is -0.382 e. The maximum Gasteiger partial charge on any atom is 0.256 e. The first-order chi connectivity index (χ1) is 7.56. The minimum absolute atomic E-state index is 0.128. The number of hydrogen-bond donors (Lipinski definition) is 4. The lowest BCUT2D eigenvalue weighted by molar-refractivity contribution is -0.120. The molecule has 7 nitrogen and oxygen atoms in total. The van der Waals surface area contributed by atoms with Crippen LogP contribution in [0.15, 0.2) is 0 Å². The van der Waals surface area contributed by atoms with Crippen molar-refractivity contribution < 1.29 is 9.59 Å². The van der Waals surface area contributed by atoms with Gasteiger partial charge >= 0.3 is 0 Å². The number of nitrogen functional groups attached to an aromatic ring is 1. The Morgan fingerprint density at radius 1 is 1.50 bits per heavy atom. The lowest BCUT2D eigenvalue weighted by Crippen LogP contribution is -2.29. The Morgan fingerprint density at radius 2 is 2.19 bits per heavy atom. The third-order valence-electron chi connectivity index (χ3n) is 2.12. The van der Waals surface area contributed by atoms with Crippen LogP contribution in [0.2, 0.25) is 0 Å². The Hall–Kier alpha value is -2.05. The molecule has 0 atom stereocenters. The van der Waals surface area contributed by atoms with Gasteiger partial charge in [-0.25, -0.2) is 0 Å². The van der Waals surface area contributed by atoms with Crippen molar-refractivity contribution in [3.63, 3.8) is 0 Å². The molecule has 5 N–H and O–H groups in total. The molecule has 1 aromatic heterocycles. The van der Waals surface area contributed by atoms with Gasteiger partial charge in [-0.05, 0) is 6.92 Å². The molecule has 0 unspecified atom stereocenters. The van der Waals surface area contributed by atoms with Crippen LogP contribution in [-0.4, -0.2) is 35.6 Å². The molecule has 1 heterocycles. The maximum absolute atomic E-state index is 11.6. The lowest BCUT2D eigenvalue weighted by Gasteiger charge is -2.04. The summed E-state index contributed by atoms with van der Waals surface area (Å²) in [5.41, 5.74) is 6.45. The summed E-state index contributed by atoms with van der Waals surface area (Å²) < 4.78 is 0. The van der Waals surface area contributed by atoms with E-state index in [0.717, 1.165) is 0 Å². The minimum atomic E-state index is -0.326. The van der Waals surface area contributed by atoms with Crippen LogP contribution in [0.3, 0.4) is 0 Å². The highest BCUT2D eigenvalue weighted by atomic mass is 16.2. The van der Waals surface area contributed by atoms with Gasteiger partial charge in [-0.1, -0.05) is 0 Å². The highest BCUT2D eigenvalue weighted by molar-refractivity contribution is 5.99. The Kier molecular flexibility index (Phi) is 3.87. The van der Waals surface area contributed by atoms with Crippen LogP contribution in [-0.2, 0) is 4.79 Å². The molecule has 0 spiro atoms. The summed E-state index contributed by atoms with van der Waals surface area (Å²) in [5, 5.41) is 11.4. The summed E-state index contributed by atoms with van der Waals surface area (Å²) in [7, 11) is 1.54. The van der Waals surface area contributed by atoms with Crippen molar-refractivity contribution in [1.29, 1.82) is 0 Å². The molecule has 1 rings (SSSR count). The molecule has 0 aliphatic heterocycles. The van der Waals surface area contributed by atoms with Gasteiger partial charge < -0.3 is 16.4 Å². The standard InChI is InChI=1S/C9H15N5O2/c1-5-7(8(10)14-13-5)9(16)12-4-3-6(15)11-2/h3-4H2,1-2H3,(H,11,15)(H,12,16)(H3,10,13,14). The van der Waals surface area contributed by atoms with Crippen molar-refractivity contribution in [3.05, 3.63) is 11.3 Å². The summed E-state index contributed by atoms with van der Waals surface area (Å²) in [4.78, 5) is 22.5. The van der Waals surface area contributed by atoms with Crippen molar-refractivity contribution in [2.75, 3.05) is 19.3 Å². The maximum atomic E-state index is 11.6. The number of rotatable bonds is 4. The number of amides is 2. The first-order valence-corrected chi connectivity index (χ1v) is 4.85. The topological polar surface area (TPSA) is 113 Å². The second-order valence-corrected chi connectivity index (χ2v) is 3.29. The Morgan fingerprint density at radius 3 is 2.69 bits per heavy atom. The normalized spacial score (nSPS) is 9.88. The summed E-state index contributed by atoms with van der Waals surface area (Å²) in [5.74, 6) is -0.292. The van der Waals surface area contributed by atoms with E-state index in [1.807, 2.05) is 0 Å². The zero-order chi connectivity index (χ0) is 12.1.